The molecule has 1 atom stereocenters. The van der Waals surface area contributed by atoms with Crippen molar-refractivity contribution in [3.63, 3.8) is 0 Å². The number of hydrogen-bond donors (Lipinski definition) is 1. The van der Waals surface area contributed by atoms with Crippen molar-refractivity contribution in [2.75, 3.05) is 5.88 Å². The van der Waals surface area contributed by atoms with Crippen molar-refractivity contribution in [2.45, 2.75) is 37.1 Å². The van der Waals surface area contributed by atoms with Gasteiger partial charge in [0.1, 0.15) is 4.90 Å². The van der Waals surface area contributed by atoms with Crippen molar-refractivity contribution < 1.29 is 8.42 Å². The maximum Gasteiger partial charge on any atom is 0.242 e. The van der Waals surface area contributed by atoms with Gasteiger partial charge >= 0.3 is 0 Å². The van der Waals surface area contributed by atoms with Crippen LogP contribution in [-0.2, 0) is 10.0 Å². The number of benzene rings is 1. The maximum atomic E-state index is 12.3. The Morgan fingerprint density at radius 1 is 1.33 bits per heavy atom. The molecule has 18 heavy (non-hydrogen) atoms. The van der Waals surface area contributed by atoms with Gasteiger partial charge in [0, 0.05) is 11.4 Å². The first-order valence-electron chi connectivity index (χ1n) is 5.69. The van der Waals surface area contributed by atoms with E-state index in [1.807, 2.05) is 13.8 Å². The van der Waals surface area contributed by atoms with Crippen LogP contribution in [0.25, 0.3) is 0 Å². The predicted octanol–water partition coefficient (Wildman–Crippen LogP) is 3.42. The van der Waals surface area contributed by atoms with Gasteiger partial charge in [-0.3, -0.25) is 0 Å². The molecule has 0 aromatic heterocycles. The van der Waals surface area contributed by atoms with Gasteiger partial charge in [0.2, 0.25) is 10.0 Å². The quantitative estimate of drug-likeness (QED) is 0.818. The van der Waals surface area contributed by atoms with E-state index in [9.17, 15) is 8.42 Å². The molecule has 1 rings (SSSR count). The molecule has 6 heteroatoms. The number of nitrogens with one attached hydrogen (secondary N) is 1. The molecule has 0 bridgehead atoms. The van der Waals surface area contributed by atoms with E-state index in [0.717, 1.165) is 0 Å². The smallest absolute Gasteiger partial charge is 0.207 e. The number of alkyl halides is 1. The minimum Gasteiger partial charge on any atom is -0.207 e. The molecule has 1 aromatic carbocycles. The Hall–Kier alpha value is -0.290. The average Bonchev–Trinajstić information content (AvgIpc) is 2.29. The molecule has 1 N–H and O–H groups in total. The molecular formula is C12H17Cl2NO2S. The Bertz CT molecular complexity index is 505. The first-order chi connectivity index (χ1) is 8.34. The van der Waals surface area contributed by atoms with Crippen LogP contribution in [0.1, 0.15) is 26.7 Å². The molecule has 0 saturated heterocycles. The number of sulfonamides is 1. The molecule has 0 radical (unpaired) electrons. The average molecular weight is 310 g/mol. The normalized spacial score (nSPS) is 15.3. The summed E-state index contributed by atoms with van der Waals surface area (Å²) in [5.41, 5.74) is -0.556. The molecule has 1 aromatic rings. The first kappa shape index (κ1) is 15.8. The first-order valence-corrected chi connectivity index (χ1v) is 8.09. The van der Waals surface area contributed by atoms with Crippen molar-refractivity contribution in [3.05, 3.63) is 29.3 Å². The Morgan fingerprint density at radius 3 is 2.44 bits per heavy atom. The van der Waals surface area contributed by atoms with E-state index in [1.54, 1.807) is 18.2 Å². The van der Waals surface area contributed by atoms with Gasteiger partial charge < -0.3 is 0 Å². The molecule has 0 saturated carbocycles. The lowest BCUT2D eigenvalue weighted by Gasteiger charge is -2.28. The van der Waals surface area contributed by atoms with Crippen molar-refractivity contribution >= 4 is 33.2 Å². The van der Waals surface area contributed by atoms with E-state index >= 15 is 0 Å². The van der Waals surface area contributed by atoms with Gasteiger partial charge in [0.25, 0.3) is 0 Å². The lowest BCUT2D eigenvalue weighted by Crippen LogP contribution is -2.45. The fourth-order valence-electron chi connectivity index (χ4n) is 1.55. The van der Waals surface area contributed by atoms with Crippen LogP contribution in [0.3, 0.4) is 0 Å². The van der Waals surface area contributed by atoms with Gasteiger partial charge in [-0.05, 0) is 31.9 Å². The number of hydrogen-bond acceptors (Lipinski definition) is 2. The van der Waals surface area contributed by atoms with Gasteiger partial charge in [0.15, 0.2) is 0 Å². The minimum atomic E-state index is -3.62. The summed E-state index contributed by atoms with van der Waals surface area (Å²) in [6, 6.07) is 6.38. The molecule has 0 aliphatic carbocycles. The van der Waals surface area contributed by atoms with E-state index in [-0.39, 0.29) is 9.92 Å². The Kier molecular flexibility index (Phi) is 5.46. The number of rotatable bonds is 6. The van der Waals surface area contributed by atoms with Crippen molar-refractivity contribution in [1.29, 1.82) is 0 Å². The monoisotopic (exact) mass is 309 g/mol. The second-order valence-corrected chi connectivity index (χ2v) is 6.83. The molecule has 3 nitrogen and oxygen atoms in total. The summed E-state index contributed by atoms with van der Waals surface area (Å²) in [6.45, 7) is 3.76. The summed E-state index contributed by atoms with van der Waals surface area (Å²) >= 11 is 11.6. The highest BCUT2D eigenvalue weighted by atomic mass is 35.5. The zero-order chi connectivity index (χ0) is 13.8. The summed E-state index contributed by atoms with van der Waals surface area (Å²) in [5.74, 6) is 0.398. The van der Waals surface area contributed by atoms with Gasteiger partial charge in [-0.2, -0.15) is 0 Å². The molecule has 0 fully saturated rings. The standard InChI is InChI=1S/C12H17Cl2NO2S/c1-3-12(2,8-9-13)15-18(16,17)11-7-5-4-6-10(11)14/h4-7,15H,3,8-9H2,1-2H3. The molecule has 0 heterocycles. The SMILES string of the molecule is CCC(C)(CCCl)NS(=O)(=O)c1ccccc1Cl. The van der Waals surface area contributed by atoms with E-state index in [1.165, 1.54) is 6.07 Å². The van der Waals surface area contributed by atoms with Crippen LogP contribution in [0.5, 0.6) is 0 Å². The third-order valence-corrected chi connectivity index (χ3v) is 5.26. The summed E-state index contributed by atoms with van der Waals surface area (Å²) in [6.07, 6.45) is 1.22. The third kappa shape index (κ3) is 3.85. The summed E-state index contributed by atoms with van der Waals surface area (Å²) in [7, 11) is -3.62. The lowest BCUT2D eigenvalue weighted by molar-refractivity contribution is 0.390. The van der Waals surface area contributed by atoms with Crippen LogP contribution in [-0.4, -0.2) is 19.8 Å². The highest BCUT2D eigenvalue weighted by Crippen LogP contribution is 2.24. The second-order valence-electron chi connectivity index (χ2n) is 4.39. The minimum absolute atomic E-state index is 0.0981. The predicted molar refractivity (Wildman–Crippen MR) is 75.8 cm³/mol. The molecule has 0 spiro atoms. The molecular weight excluding hydrogens is 293 g/mol. The van der Waals surface area contributed by atoms with E-state index in [0.29, 0.717) is 18.7 Å². The summed E-state index contributed by atoms with van der Waals surface area (Å²) in [5, 5.41) is 0.217. The summed E-state index contributed by atoms with van der Waals surface area (Å²) < 4.78 is 27.2. The Balaban J connectivity index is 3.06. The Morgan fingerprint density at radius 2 is 1.94 bits per heavy atom. The largest absolute Gasteiger partial charge is 0.242 e. The second kappa shape index (κ2) is 6.24. The fourth-order valence-corrected chi connectivity index (χ4v) is 4.00. The Labute approximate surface area is 119 Å². The highest BCUT2D eigenvalue weighted by Gasteiger charge is 2.29. The third-order valence-electron chi connectivity index (χ3n) is 2.93. The van der Waals surface area contributed by atoms with Crippen LogP contribution < -0.4 is 4.72 Å². The fraction of sp³-hybridized carbons (Fsp3) is 0.500. The van der Waals surface area contributed by atoms with Crippen molar-refractivity contribution in [3.8, 4) is 0 Å². The van der Waals surface area contributed by atoms with Gasteiger partial charge in [0.05, 0.1) is 5.02 Å². The molecule has 102 valence electrons. The van der Waals surface area contributed by atoms with Gasteiger partial charge in [-0.25, -0.2) is 13.1 Å². The van der Waals surface area contributed by atoms with Crippen molar-refractivity contribution in [2.24, 2.45) is 0 Å². The molecule has 1 unspecified atom stereocenters. The summed E-state index contributed by atoms with van der Waals surface area (Å²) in [4.78, 5) is 0.0981. The number of halogens is 2. The molecule has 0 aliphatic heterocycles. The molecule has 0 aliphatic rings. The topological polar surface area (TPSA) is 46.2 Å². The van der Waals surface area contributed by atoms with Crippen LogP contribution in [0, 0.1) is 0 Å². The van der Waals surface area contributed by atoms with Crippen LogP contribution >= 0.6 is 23.2 Å². The maximum absolute atomic E-state index is 12.3. The van der Waals surface area contributed by atoms with E-state index < -0.39 is 15.6 Å². The highest BCUT2D eigenvalue weighted by molar-refractivity contribution is 7.89. The van der Waals surface area contributed by atoms with E-state index in [4.69, 9.17) is 23.2 Å². The van der Waals surface area contributed by atoms with Crippen LogP contribution in [0.2, 0.25) is 5.02 Å². The zero-order valence-electron chi connectivity index (χ0n) is 10.4. The van der Waals surface area contributed by atoms with Crippen molar-refractivity contribution in [1.82, 2.24) is 4.72 Å². The zero-order valence-corrected chi connectivity index (χ0v) is 12.7. The lowest BCUT2D eigenvalue weighted by atomic mass is 9.97. The van der Waals surface area contributed by atoms with Crippen LogP contribution in [0.4, 0.5) is 0 Å². The molecule has 0 amide bonds. The van der Waals surface area contributed by atoms with Gasteiger partial charge in [-0.1, -0.05) is 30.7 Å². The van der Waals surface area contributed by atoms with Crippen LogP contribution in [0.15, 0.2) is 29.2 Å². The van der Waals surface area contributed by atoms with Gasteiger partial charge in [-0.15, -0.1) is 11.6 Å². The van der Waals surface area contributed by atoms with E-state index in [2.05, 4.69) is 4.72 Å².